The monoisotopic (exact) mass is 262 g/mol. The van der Waals surface area contributed by atoms with E-state index in [2.05, 4.69) is 5.32 Å². The molecular weight excluding hydrogens is 247 g/mol. The smallest absolute Gasteiger partial charge is 0.233 e. The molecule has 0 fully saturated rings. The van der Waals surface area contributed by atoms with Gasteiger partial charge in [0, 0.05) is 0 Å². The number of para-hydroxylation sites is 1. The fourth-order valence-corrected chi connectivity index (χ4v) is 1.13. The van der Waals surface area contributed by atoms with Gasteiger partial charge in [-0.25, -0.2) is 4.39 Å². The first-order chi connectivity index (χ1) is 7.63. The molecule has 0 aliphatic heterocycles. The van der Waals surface area contributed by atoms with Gasteiger partial charge in [-0.3, -0.25) is 4.79 Å². The normalized spacial score (nSPS) is 11.2. The minimum atomic E-state index is -0.417. The molecule has 96 valence electrons. The maximum Gasteiger partial charge on any atom is 0.233 e. The first-order valence-electron chi connectivity index (χ1n) is 5.01. The summed E-state index contributed by atoms with van der Waals surface area (Å²) in [5.74, 6) is -0.500. The molecule has 6 heteroatoms. The van der Waals surface area contributed by atoms with Crippen LogP contribution in [0.25, 0.3) is 0 Å². The Kier molecular flexibility index (Phi) is 7.25. The first kappa shape index (κ1) is 15.7. The second-order valence-electron chi connectivity index (χ2n) is 3.37. The molecule has 0 aliphatic rings. The summed E-state index contributed by atoms with van der Waals surface area (Å²) in [4.78, 5) is 10.9. The molecule has 0 bridgehead atoms. The molecule has 1 aromatic carbocycles. The summed E-state index contributed by atoms with van der Waals surface area (Å²) in [6.45, 7) is 1.97. The molecule has 1 aromatic rings. The minimum Gasteiger partial charge on any atom is -0.486 e. The third kappa shape index (κ3) is 5.51. The zero-order valence-corrected chi connectivity index (χ0v) is 10.3. The van der Waals surface area contributed by atoms with Crippen LogP contribution in [-0.4, -0.2) is 25.1 Å². The predicted molar refractivity (Wildman–Crippen MR) is 65.8 cm³/mol. The van der Waals surface area contributed by atoms with Crippen LogP contribution in [0.2, 0.25) is 0 Å². The van der Waals surface area contributed by atoms with E-state index in [4.69, 9.17) is 10.5 Å². The molecule has 0 saturated heterocycles. The van der Waals surface area contributed by atoms with Crippen LogP contribution in [0.1, 0.15) is 6.92 Å². The second-order valence-corrected chi connectivity index (χ2v) is 3.37. The Labute approximate surface area is 106 Å². The van der Waals surface area contributed by atoms with E-state index in [1.54, 1.807) is 19.1 Å². The van der Waals surface area contributed by atoms with Crippen molar-refractivity contribution in [2.75, 3.05) is 13.1 Å². The van der Waals surface area contributed by atoms with Gasteiger partial charge in [0.25, 0.3) is 0 Å². The Bertz CT molecular complexity index is 363. The molecule has 0 aromatic heterocycles. The molecule has 0 radical (unpaired) electrons. The molecule has 1 rings (SSSR count). The second kappa shape index (κ2) is 7.86. The van der Waals surface area contributed by atoms with E-state index in [0.717, 1.165) is 0 Å². The average Bonchev–Trinajstić information content (AvgIpc) is 2.29. The van der Waals surface area contributed by atoms with Crippen LogP contribution in [0.5, 0.6) is 5.75 Å². The van der Waals surface area contributed by atoms with Gasteiger partial charge in [0.2, 0.25) is 5.91 Å². The third-order valence-corrected chi connectivity index (χ3v) is 1.94. The molecule has 1 unspecified atom stereocenters. The summed E-state index contributed by atoms with van der Waals surface area (Å²) in [6.07, 6.45) is -0.313. The van der Waals surface area contributed by atoms with Crippen LogP contribution >= 0.6 is 12.4 Å². The number of hydrogen-bond acceptors (Lipinski definition) is 3. The number of halogens is 2. The van der Waals surface area contributed by atoms with Crippen molar-refractivity contribution in [3.05, 3.63) is 30.1 Å². The molecule has 0 spiro atoms. The number of nitrogens with one attached hydrogen (secondary N) is 1. The van der Waals surface area contributed by atoms with E-state index in [0.29, 0.717) is 6.54 Å². The van der Waals surface area contributed by atoms with Gasteiger partial charge in [-0.05, 0) is 19.1 Å². The van der Waals surface area contributed by atoms with Crippen LogP contribution in [0.4, 0.5) is 4.39 Å². The number of amides is 1. The first-order valence-corrected chi connectivity index (χ1v) is 5.01. The van der Waals surface area contributed by atoms with Crippen LogP contribution in [0.15, 0.2) is 24.3 Å². The lowest BCUT2D eigenvalue weighted by Gasteiger charge is -2.15. The number of benzene rings is 1. The number of ether oxygens (including phenoxy) is 1. The van der Waals surface area contributed by atoms with E-state index < -0.39 is 5.82 Å². The maximum atomic E-state index is 13.2. The van der Waals surface area contributed by atoms with Crippen molar-refractivity contribution in [1.82, 2.24) is 5.32 Å². The van der Waals surface area contributed by atoms with Gasteiger partial charge in [0.05, 0.1) is 13.1 Å². The Morgan fingerprint density at radius 1 is 1.53 bits per heavy atom. The highest BCUT2D eigenvalue weighted by atomic mass is 35.5. The Hall–Kier alpha value is -1.33. The third-order valence-electron chi connectivity index (χ3n) is 1.94. The number of nitrogens with two attached hydrogens (primary N) is 1. The topological polar surface area (TPSA) is 64.4 Å². The highest BCUT2D eigenvalue weighted by Gasteiger charge is 2.08. The lowest BCUT2D eigenvalue weighted by molar-refractivity contribution is -0.120. The van der Waals surface area contributed by atoms with Gasteiger partial charge in [-0.1, -0.05) is 12.1 Å². The van der Waals surface area contributed by atoms with E-state index in [1.165, 1.54) is 12.1 Å². The number of rotatable bonds is 5. The molecule has 3 N–H and O–H groups in total. The fourth-order valence-electron chi connectivity index (χ4n) is 1.13. The van der Waals surface area contributed by atoms with Gasteiger partial charge < -0.3 is 15.8 Å². The molecule has 4 nitrogen and oxygen atoms in total. The van der Waals surface area contributed by atoms with Crippen molar-refractivity contribution in [3.63, 3.8) is 0 Å². The van der Waals surface area contributed by atoms with Crippen LogP contribution in [0, 0.1) is 5.82 Å². The summed E-state index contributed by atoms with van der Waals surface area (Å²) < 4.78 is 18.5. The minimum absolute atomic E-state index is 0. The lowest BCUT2D eigenvalue weighted by Crippen LogP contribution is -2.37. The van der Waals surface area contributed by atoms with E-state index >= 15 is 0 Å². The summed E-state index contributed by atoms with van der Waals surface area (Å²) >= 11 is 0. The zero-order chi connectivity index (χ0) is 12.0. The molecule has 17 heavy (non-hydrogen) atoms. The Morgan fingerprint density at radius 3 is 2.76 bits per heavy atom. The van der Waals surface area contributed by atoms with Crippen LogP contribution < -0.4 is 15.8 Å². The number of carbonyl (C=O) groups excluding carboxylic acids is 1. The van der Waals surface area contributed by atoms with Crippen molar-refractivity contribution in [2.45, 2.75) is 13.0 Å². The SMILES string of the molecule is CC(CNC(=O)CN)Oc1ccccc1F.Cl. The van der Waals surface area contributed by atoms with Gasteiger partial charge in [-0.15, -0.1) is 12.4 Å². The van der Waals surface area contributed by atoms with Gasteiger partial charge in [-0.2, -0.15) is 0 Å². The van der Waals surface area contributed by atoms with Crippen molar-refractivity contribution >= 4 is 18.3 Å². The van der Waals surface area contributed by atoms with Crippen molar-refractivity contribution < 1.29 is 13.9 Å². The van der Waals surface area contributed by atoms with Crippen molar-refractivity contribution in [1.29, 1.82) is 0 Å². The van der Waals surface area contributed by atoms with E-state index in [1.807, 2.05) is 0 Å². The maximum absolute atomic E-state index is 13.2. The summed E-state index contributed by atoms with van der Waals surface area (Å²) in [7, 11) is 0. The number of hydrogen-bond donors (Lipinski definition) is 2. The fraction of sp³-hybridized carbons (Fsp3) is 0.364. The molecule has 0 aliphatic carbocycles. The molecule has 1 amide bonds. The molecular formula is C11H16ClFN2O2. The molecule has 0 saturated carbocycles. The van der Waals surface area contributed by atoms with Gasteiger partial charge in [0.1, 0.15) is 6.10 Å². The standard InChI is InChI=1S/C11H15FN2O2.ClH/c1-8(7-14-11(15)6-13)16-10-5-3-2-4-9(10)12;/h2-5,8H,6-7,13H2,1H3,(H,14,15);1H. The Morgan fingerprint density at radius 2 is 2.18 bits per heavy atom. The van der Waals surface area contributed by atoms with E-state index in [-0.39, 0.29) is 36.7 Å². The van der Waals surface area contributed by atoms with Crippen LogP contribution in [-0.2, 0) is 4.79 Å². The summed E-state index contributed by atoms with van der Waals surface area (Å²) in [6, 6.07) is 6.13. The highest BCUT2D eigenvalue weighted by Crippen LogP contribution is 2.16. The van der Waals surface area contributed by atoms with E-state index in [9.17, 15) is 9.18 Å². The Balaban J connectivity index is 0.00000256. The van der Waals surface area contributed by atoms with Gasteiger partial charge >= 0.3 is 0 Å². The lowest BCUT2D eigenvalue weighted by atomic mass is 10.3. The zero-order valence-electron chi connectivity index (χ0n) is 9.48. The molecule has 1 atom stereocenters. The summed E-state index contributed by atoms with van der Waals surface area (Å²) in [5, 5.41) is 2.56. The van der Waals surface area contributed by atoms with Crippen LogP contribution in [0.3, 0.4) is 0 Å². The van der Waals surface area contributed by atoms with Crippen molar-refractivity contribution in [3.8, 4) is 5.75 Å². The predicted octanol–water partition coefficient (Wildman–Crippen LogP) is 1.09. The quantitative estimate of drug-likeness (QED) is 0.835. The largest absolute Gasteiger partial charge is 0.486 e. The van der Waals surface area contributed by atoms with Crippen molar-refractivity contribution in [2.24, 2.45) is 5.73 Å². The average molecular weight is 263 g/mol. The summed E-state index contributed by atoms with van der Waals surface area (Å²) in [5.41, 5.74) is 5.12. The van der Waals surface area contributed by atoms with Gasteiger partial charge in [0.15, 0.2) is 11.6 Å². The number of carbonyl (C=O) groups is 1. The highest BCUT2D eigenvalue weighted by molar-refractivity contribution is 5.85. The molecule has 0 heterocycles.